The summed E-state index contributed by atoms with van der Waals surface area (Å²) in [5.74, 6) is -1.06. The molecule has 0 radical (unpaired) electrons. The molecule has 236 valence electrons. The Bertz CT molecular complexity index is 1420. The minimum Gasteiger partial charge on any atom is -0.468 e. The number of rotatable bonds is 8. The molecule has 2 N–H and O–H groups in total. The Morgan fingerprint density at radius 3 is 1.73 bits per heavy atom. The van der Waals surface area contributed by atoms with Crippen molar-refractivity contribution in [3.8, 4) is 0 Å². The van der Waals surface area contributed by atoms with Gasteiger partial charge in [0.15, 0.2) is 0 Å². The first-order chi connectivity index (χ1) is 21.5. The minimum atomic E-state index is -1.17. The third kappa shape index (κ3) is 6.42. The molecule has 2 aliphatic rings. The summed E-state index contributed by atoms with van der Waals surface area (Å²) in [7, 11) is 1.28. The molecule has 10 heteroatoms. The number of hydrogen-bond acceptors (Lipinski definition) is 7. The van der Waals surface area contributed by atoms with Crippen LogP contribution in [0.2, 0.25) is 0 Å². The van der Waals surface area contributed by atoms with Gasteiger partial charge in [-0.05, 0) is 50.3 Å². The first-order valence-corrected chi connectivity index (χ1v) is 15.1. The van der Waals surface area contributed by atoms with Crippen LogP contribution < -0.4 is 10.6 Å². The number of imide groups is 1. The van der Waals surface area contributed by atoms with Gasteiger partial charge in [-0.25, -0.2) is 9.59 Å². The zero-order valence-corrected chi connectivity index (χ0v) is 26.1. The highest BCUT2D eigenvalue weighted by molar-refractivity contribution is 6.07. The second-order valence-electron chi connectivity index (χ2n) is 12.5. The molecule has 2 heterocycles. The molecule has 4 amide bonds. The quantitative estimate of drug-likeness (QED) is 0.220. The number of piperidine rings is 1. The smallest absolute Gasteiger partial charge is 0.410 e. The summed E-state index contributed by atoms with van der Waals surface area (Å²) in [6, 6.07) is 27.5. The topological polar surface area (TPSA) is 117 Å². The standard InChI is InChI=1S/C35H40N4O6/c1-33(2,3)45-32(43)38-22-20-34(21-23-38)30(41)39(31(42)37-34)24-28(29(40)44-4)36-35(25-14-8-5-9-15-25,26-16-10-6-11-17-26)27-18-12-7-13-19-27/h5-19,28,36H,20-24H2,1-4H3,(H,37,42)/t28-/m0/s1. The van der Waals surface area contributed by atoms with Crippen molar-refractivity contribution in [1.29, 1.82) is 0 Å². The van der Waals surface area contributed by atoms with E-state index in [0.29, 0.717) is 0 Å². The third-order valence-corrected chi connectivity index (χ3v) is 8.38. The van der Waals surface area contributed by atoms with E-state index < -0.39 is 46.7 Å². The van der Waals surface area contributed by atoms with Crippen molar-refractivity contribution in [2.45, 2.75) is 56.3 Å². The number of likely N-dealkylation sites (tertiary alicyclic amines) is 1. The fraction of sp³-hybridized carbons (Fsp3) is 0.371. The SMILES string of the molecule is COC(=O)[C@H](CN1C(=O)NC2(CCN(C(=O)OC(C)(C)C)CC2)C1=O)NC(c1ccccc1)(c1ccccc1)c1ccccc1. The van der Waals surface area contributed by atoms with E-state index in [0.717, 1.165) is 21.6 Å². The van der Waals surface area contributed by atoms with E-state index in [9.17, 15) is 19.2 Å². The van der Waals surface area contributed by atoms with E-state index >= 15 is 0 Å². The molecule has 2 aliphatic heterocycles. The molecule has 3 aromatic carbocycles. The van der Waals surface area contributed by atoms with Gasteiger partial charge in [0.05, 0.1) is 19.2 Å². The van der Waals surface area contributed by atoms with Crippen LogP contribution in [0.4, 0.5) is 9.59 Å². The number of benzene rings is 3. The maximum Gasteiger partial charge on any atom is 0.410 e. The lowest BCUT2D eigenvalue weighted by Gasteiger charge is -2.40. The molecule has 10 nitrogen and oxygen atoms in total. The van der Waals surface area contributed by atoms with Crippen molar-refractivity contribution in [3.63, 3.8) is 0 Å². The molecule has 0 unspecified atom stereocenters. The Hall–Kier alpha value is -4.70. The molecule has 2 fully saturated rings. The van der Waals surface area contributed by atoms with Crippen LogP contribution in [0.3, 0.4) is 0 Å². The second-order valence-corrected chi connectivity index (χ2v) is 12.5. The fourth-order valence-electron chi connectivity index (χ4n) is 6.16. The average molecular weight is 613 g/mol. The van der Waals surface area contributed by atoms with Gasteiger partial charge >= 0.3 is 18.1 Å². The Morgan fingerprint density at radius 2 is 1.31 bits per heavy atom. The summed E-state index contributed by atoms with van der Waals surface area (Å²) in [4.78, 5) is 56.1. The van der Waals surface area contributed by atoms with Crippen molar-refractivity contribution in [3.05, 3.63) is 108 Å². The number of nitrogens with one attached hydrogen (secondary N) is 2. The summed E-state index contributed by atoms with van der Waals surface area (Å²) >= 11 is 0. The zero-order chi connectivity index (χ0) is 32.2. The summed E-state index contributed by atoms with van der Waals surface area (Å²) < 4.78 is 10.7. The number of carbonyl (C=O) groups excluding carboxylic acids is 4. The van der Waals surface area contributed by atoms with Crippen LogP contribution in [0.5, 0.6) is 0 Å². The Morgan fingerprint density at radius 1 is 0.844 bits per heavy atom. The number of nitrogens with zero attached hydrogens (tertiary/aromatic N) is 2. The molecule has 0 aliphatic carbocycles. The molecule has 1 spiro atoms. The first-order valence-electron chi connectivity index (χ1n) is 15.1. The van der Waals surface area contributed by atoms with Crippen LogP contribution in [0.25, 0.3) is 0 Å². The lowest BCUT2D eigenvalue weighted by atomic mass is 9.76. The molecule has 2 saturated heterocycles. The number of esters is 1. The predicted octanol–water partition coefficient (Wildman–Crippen LogP) is 4.43. The lowest BCUT2D eigenvalue weighted by molar-refractivity contribution is -0.144. The Labute approximate surface area is 263 Å². The van der Waals surface area contributed by atoms with Crippen LogP contribution in [0.15, 0.2) is 91.0 Å². The van der Waals surface area contributed by atoms with Crippen LogP contribution in [-0.4, -0.2) is 77.7 Å². The van der Waals surface area contributed by atoms with Crippen LogP contribution in [0.1, 0.15) is 50.3 Å². The molecule has 3 aromatic rings. The van der Waals surface area contributed by atoms with Crippen molar-refractivity contribution in [1.82, 2.24) is 20.4 Å². The van der Waals surface area contributed by atoms with Crippen LogP contribution in [0, 0.1) is 0 Å². The van der Waals surface area contributed by atoms with Gasteiger partial charge in [-0.1, -0.05) is 91.0 Å². The highest BCUT2D eigenvalue weighted by Gasteiger charge is 2.54. The van der Waals surface area contributed by atoms with Crippen molar-refractivity contribution in [2.75, 3.05) is 26.7 Å². The minimum absolute atomic E-state index is 0.228. The fourth-order valence-corrected chi connectivity index (χ4v) is 6.16. The highest BCUT2D eigenvalue weighted by atomic mass is 16.6. The van der Waals surface area contributed by atoms with E-state index in [1.165, 1.54) is 7.11 Å². The monoisotopic (exact) mass is 612 g/mol. The molecule has 5 rings (SSSR count). The highest BCUT2D eigenvalue weighted by Crippen LogP contribution is 2.38. The predicted molar refractivity (Wildman–Crippen MR) is 168 cm³/mol. The van der Waals surface area contributed by atoms with Gasteiger partial charge in [0, 0.05) is 13.1 Å². The zero-order valence-electron chi connectivity index (χ0n) is 26.1. The van der Waals surface area contributed by atoms with Gasteiger partial charge in [-0.15, -0.1) is 0 Å². The van der Waals surface area contributed by atoms with Gasteiger partial charge in [0.1, 0.15) is 17.2 Å². The van der Waals surface area contributed by atoms with Crippen LogP contribution in [-0.2, 0) is 24.6 Å². The van der Waals surface area contributed by atoms with Gasteiger partial charge in [-0.3, -0.25) is 19.8 Å². The summed E-state index contributed by atoms with van der Waals surface area (Å²) in [5, 5.41) is 6.43. The van der Waals surface area contributed by atoms with Crippen molar-refractivity contribution >= 4 is 24.0 Å². The maximum absolute atomic E-state index is 13.9. The normalized spacial score (nSPS) is 17.2. The van der Waals surface area contributed by atoms with E-state index in [2.05, 4.69) is 10.6 Å². The number of ether oxygens (including phenoxy) is 2. The summed E-state index contributed by atoms with van der Waals surface area (Å²) in [6.07, 6.45) is -0.00273. The second kappa shape index (κ2) is 12.7. The number of urea groups is 1. The van der Waals surface area contributed by atoms with E-state index in [1.54, 1.807) is 25.7 Å². The Balaban J connectivity index is 1.46. The molecule has 0 bridgehead atoms. The Kier molecular flexibility index (Phi) is 8.97. The molecular weight excluding hydrogens is 572 g/mol. The first kappa shape index (κ1) is 31.7. The van der Waals surface area contributed by atoms with Gasteiger partial charge in [-0.2, -0.15) is 0 Å². The van der Waals surface area contributed by atoms with E-state index in [-0.39, 0.29) is 32.5 Å². The number of carbonyl (C=O) groups is 4. The van der Waals surface area contributed by atoms with Crippen molar-refractivity contribution < 1.29 is 28.7 Å². The van der Waals surface area contributed by atoms with Gasteiger partial charge in [0.25, 0.3) is 5.91 Å². The van der Waals surface area contributed by atoms with Crippen LogP contribution >= 0.6 is 0 Å². The molecule has 0 saturated carbocycles. The molecule has 1 atom stereocenters. The lowest BCUT2D eigenvalue weighted by Crippen LogP contribution is -2.58. The number of hydrogen-bond donors (Lipinski definition) is 2. The van der Waals surface area contributed by atoms with E-state index in [4.69, 9.17) is 9.47 Å². The average Bonchev–Trinajstić information content (AvgIpc) is 3.26. The summed E-state index contributed by atoms with van der Waals surface area (Å²) in [5.41, 5.74) is -0.284. The van der Waals surface area contributed by atoms with E-state index in [1.807, 2.05) is 91.0 Å². The van der Waals surface area contributed by atoms with Crippen molar-refractivity contribution in [2.24, 2.45) is 0 Å². The molecule has 45 heavy (non-hydrogen) atoms. The molecular formula is C35H40N4O6. The maximum atomic E-state index is 13.9. The third-order valence-electron chi connectivity index (χ3n) is 8.38. The largest absolute Gasteiger partial charge is 0.468 e. The number of methoxy groups -OCH3 is 1. The van der Waals surface area contributed by atoms with Gasteiger partial charge < -0.3 is 19.7 Å². The van der Waals surface area contributed by atoms with Gasteiger partial charge in [0.2, 0.25) is 0 Å². The molecule has 0 aromatic heterocycles. The number of amides is 4. The summed E-state index contributed by atoms with van der Waals surface area (Å²) in [6.45, 7) is 5.61.